The zero-order valence-electron chi connectivity index (χ0n) is 15.3. The number of para-hydroxylation sites is 1. The molecular formula is C19H22ClN3O3S. The number of hydrogen-bond donors (Lipinski definition) is 1. The highest BCUT2D eigenvalue weighted by Crippen LogP contribution is 2.26. The Morgan fingerprint density at radius 3 is 2.41 bits per heavy atom. The molecule has 1 N–H and O–H groups in total. The summed E-state index contributed by atoms with van der Waals surface area (Å²) in [7, 11) is -3.46. The SMILES string of the molecule is Cc1ccc(Cl)cc1N1CCN(C(=O)c2ccccc2NS(C)(=O)=O)CC1. The van der Waals surface area contributed by atoms with Crippen molar-refractivity contribution in [3.8, 4) is 0 Å². The highest BCUT2D eigenvalue weighted by atomic mass is 35.5. The molecular weight excluding hydrogens is 386 g/mol. The smallest absolute Gasteiger partial charge is 0.256 e. The van der Waals surface area contributed by atoms with Crippen LogP contribution in [-0.4, -0.2) is 51.7 Å². The number of halogens is 1. The summed E-state index contributed by atoms with van der Waals surface area (Å²) in [6.45, 7) is 4.52. The highest BCUT2D eigenvalue weighted by Gasteiger charge is 2.25. The second-order valence-electron chi connectivity index (χ2n) is 6.63. The Morgan fingerprint density at radius 1 is 1.07 bits per heavy atom. The summed E-state index contributed by atoms with van der Waals surface area (Å²) in [6, 6.07) is 12.5. The maximum absolute atomic E-state index is 12.9. The Balaban J connectivity index is 1.73. The molecule has 1 amide bonds. The van der Waals surface area contributed by atoms with Crippen LogP contribution < -0.4 is 9.62 Å². The number of hydrogen-bond acceptors (Lipinski definition) is 4. The number of piperazine rings is 1. The van der Waals surface area contributed by atoms with Crippen LogP contribution in [0, 0.1) is 6.92 Å². The summed E-state index contributed by atoms with van der Waals surface area (Å²) < 4.78 is 25.5. The van der Waals surface area contributed by atoms with E-state index in [1.54, 1.807) is 29.2 Å². The largest absolute Gasteiger partial charge is 0.368 e. The number of carbonyl (C=O) groups excluding carboxylic acids is 1. The summed E-state index contributed by atoms with van der Waals surface area (Å²) in [5.74, 6) is -0.177. The molecule has 1 saturated heterocycles. The molecule has 2 aromatic rings. The minimum atomic E-state index is -3.46. The molecule has 0 atom stereocenters. The average Bonchev–Trinajstić information content (AvgIpc) is 2.62. The van der Waals surface area contributed by atoms with Crippen molar-refractivity contribution in [2.45, 2.75) is 6.92 Å². The van der Waals surface area contributed by atoms with Gasteiger partial charge in [-0.15, -0.1) is 0 Å². The molecule has 1 fully saturated rings. The zero-order valence-corrected chi connectivity index (χ0v) is 16.8. The van der Waals surface area contributed by atoms with Crippen LogP contribution in [0.2, 0.25) is 5.02 Å². The number of amides is 1. The summed E-state index contributed by atoms with van der Waals surface area (Å²) in [4.78, 5) is 16.9. The maximum atomic E-state index is 12.9. The van der Waals surface area contributed by atoms with Crippen molar-refractivity contribution < 1.29 is 13.2 Å². The summed E-state index contributed by atoms with van der Waals surface area (Å²) >= 11 is 6.12. The van der Waals surface area contributed by atoms with Crippen LogP contribution in [0.3, 0.4) is 0 Å². The van der Waals surface area contributed by atoms with Crippen molar-refractivity contribution in [2.75, 3.05) is 42.1 Å². The Kier molecular flexibility index (Phi) is 5.62. The zero-order chi connectivity index (χ0) is 19.6. The molecule has 0 bridgehead atoms. The van der Waals surface area contributed by atoms with E-state index in [1.165, 1.54) is 0 Å². The van der Waals surface area contributed by atoms with E-state index in [0.29, 0.717) is 42.5 Å². The molecule has 1 heterocycles. The van der Waals surface area contributed by atoms with Crippen LogP contribution in [-0.2, 0) is 10.0 Å². The third kappa shape index (κ3) is 4.73. The fraction of sp³-hybridized carbons (Fsp3) is 0.316. The van der Waals surface area contributed by atoms with E-state index in [0.717, 1.165) is 17.5 Å². The van der Waals surface area contributed by atoms with E-state index in [9.17, 15) is 13.2 Å². The second-order valence-corrected chi connectivity index (χ2v) is 8.81. The van der Waals surface area contributed by atoms with Gasteiger partial charge in [0.05, 0.1) is 17.5 Å². The maximum Gasteiger partial charge on any atom is 0.256 e. The van der Waals surface area contributed by atoms with Gasteiger partial charge in [0.1, 0.15) is 0 Å². The van der Waals surface area contributed by atoms with Gasteiger partial charge in [-0.25, -0.2) is 8.42 Å². The second kappa shape index (κ2) is 7.78. The minimum absolute atomic E-state index is 0.177. The molecule has 27 heavy (non-hydrogen) atoms. The van der Waals surface area contributed by atoms with E-state index in [-0.39, 0.29) is 5.91 Å². The molecule has 0 radical (unpaired) electrons. The summed E-state index contributed by atoms with van der Waals surface area (Å²) in [6.07, 6.45) is 1.07. The van der Waals surface area contributed by atoms with Crippen molar-refractivity contribution in [2.24, 2.45) is 0 Å². The number of rotatable bonds is 4. The van der Waals surface area contributed by atoms with Crippen molar-refractivity contribution >= 4 is 38.9 Å². The summed E-state index contributed by atoms with van der Waals surface area (Å²) in [5.41, 5.74) is 2.88. The van der Waals surface area contributed by atoms with Gasteiger partial charge in [0.15, 0.2) is 0 Å². The molecule has 2 aromatic carbocycles. The standard InChI is InChI=1S/C19H22ClN3O3S/c1-14-7-8-15(20)13-18(14)22-9-11-23(12-10-22)19(24)16-5-3-4-6-17(16)21-27(2,25)26/h3-8,13,21H,9-12H2,1-2H3. The van der Waals surface area contributed by atoms with E-state index < -0.39 is 10.0 Å². The first kappa shape index (κ1) is 19.5. The Hall–Kier alpha value is -2.25. The molecule has 0 aliphatic carbocycles. The first-order valence-corrected chi connectivity index (χ1v) is 10.9. The third-order valence-corrected chi connectivity index (χ3v) is 5.36. The highest BCUT2D eigenvalue weighted by molar-refractivity contribution is 7.92. The predicted octanol–water partition coefficient (Wildman–Crippen LogP) is 2.98. The lowest BCUT2D eigenvalue weighted by Gasteiger charge is -2.37. The number of carbonyl (C=O) groups is 1. The van der Waals surface area contributed by atoms with Gasteiger partial charge in [-0.2, -0.15) is 0 Å². The molecule has 8 heteroatoms. The molecule has 144 valence electrons. The quantitative estimate of drug-likeness (QED) is 0.845. The van der Waals surface area contributed by atoms with E-state index in [1.807, 2.05) is 25.1 Å². The molecule has 1 aliphatic heterocycles. The number of nitrogens with zero attached hydrogens (tertiary/aromatic N) is 2. The number of nitrogens with one attached hydrogen (secondary N) is 1. The van der Waals surface area contributed by atoms with Gasteiger partial charge in [0.2, 0.25) is 10.0 Å². The monoisotopic (exact) mass is 407 g/mol. The molecule has 0 saturated carbocycles. The molecule has 0 aromatic heterocycles. The van der Waals surface area contributed by atoms with E-state index >= 15 is 0 Å². The van der Waals surface area contributed by atoms with Gasteiger partial charge in [-0.3, -0.25) is 9.52 Å². The number of benzene rings is 2. The Labute approximate surface area is 164 Å². The van der Waals surface area contributed by atoms with Crippen LogP contribution in [0.15, 0.2) is 42.5 Å². The predicted molar refractivity (Wildman–Crippen MR) is 109 cm³/mol. The van der Waals surface area contributed by atoms with Crippen LogP contribution in [0.25, 0.3) is 0 Å². The lowest BCUT2D eigenvalue weighted by atomic mass is 10.1. The van der Waals surface area contributed by atoms with E-state index in [4.69, 9.17) is 11.6 Å². The molecule has 3 rings (SSSR count). The minimum Gasteiger partial charge on any atom is -0.368 e. The van der Waals surface area contributed by atoms with Gasteiger partial charge >= 0.3 is 0 Å². The topological polar surface area (TPSA) is 69.7 Å². The molecule has 0 unspecified atom stereocenters. The van der Waals surface area contributed by atoms with Gasteiger partial charge in [-0.1, -0.05) is 29.8 Å². The number of anilines is 2. The molecule has 6 nitrogen and oxygen atoms in total. The van der Waals surface area contributed by atoms with E-state index in [2.05, 4.69) is 9.62 Å². The van der Waals surface area contributed by atoms with Crippen molar-refractivity contribution in [1.82, 2.24) is 4.90 Å². The van der Waals surface area contributed by atoms with Gasteiger partial charge in [0, 0.05) is 36.9 Å². The molecule has 1 aliphatic rings. The fourth-order valence-corrected chi connectivity index (χ4v) is 3.95. The van der Waals surface area contributed by atoms with Crippen LogP contribution in [0.4, 0.5) is 11.4 Å². The Morgan fingerprint density at radius 2 is 1.74 bits per heavy atom. The van der Waals surface area contributed by atoms with Gasteiger partial charge in [-0.05, 0) is 36.8 Å². The molecule has 0 spiro atoms. The third-order valence-electron chi connectivity index (χ3n) is 4.53. The van der Waals surface area contributed by atoms with Gasteiger partial charge < -0.3 is 9.80 Å². The number of sulfonamides is 1. The van der Waals surface area contributed by atoms with Crippen LogP contribution in [0.5, 0.6) is 0 Å². The summed E-state index contributed by atoms with van der Waals surface area (Å²) in [5, 5.41) is 0.690. The lowest BCUT2D eigenvalue weighted by Crippen LogP contribution is -2.49. The first-order valence-electron chi connectivity index (χ1n) is 8.62. The lowest BCUT2D eigenvalue weighted by molar-refractivity contribution is 0.0748. The first-order chi connectivity index (χ1) is 12.7. The number of aryl methyl sites for hydroxylation is 1. The van der Waals surface area contributed by atoms with Crippen LogP contribution >= 0.6 is 11.6 Å². The Bertz CT molecular complexity index is 954. The van der Waals surface area contributed by atoms with Crippen molar-refractivity contribution in [1.29, 1.82) is 0 Å². The average molecular weight is 408 g/mol. The van der Waals surface area contributed by atoms with Crippen molar-refractivity contribution in [3.05, 3.63) is 58.6 Å². The fourth-order valence-electron chi connectivity index (χ4n) is 3.20. The normalized spacial score (nSPS) is 14.9. The van der Waals surface area contributed by atoms with Gasteiger partial charge in [0.25, 0.3) is 5.91 Å². The van der Waals surface area contributed by atoms with Crippen molar-refractivity contribution in [3.63, 3.8) is 0 Å². The van der Waals surface area contributed by atoms with Crippen LogP contribution in [0.1, 0.15) is 15.9 Å².